The molecule has 3 heteroatoms. The number of hydrogen-bond acceptors (Lipinski definition) is 1. The van der Waals surface area contributed by atoms with Crippen LogP contribution in [0, 0.1) is 0 Å². The molecule has 0 bridgehead atoms. The topological polar surface area (TPSA) is 9.23 Å². The maximum absolute atomic E-state index is 5.94. The Labute approximate surface area is 111 Å². The first-order chi connectivity index (χ1) is 7.77. The largest absolute Gasteiger partial charge is 0.493 e. The molecule has 90 valence electrons. The average Bonchev–Trinajstić information content (AvgIpc) is 2.29. The molecule has 0 amide bonds. The summed E-state index contributed by atoms with van der Waals surface area (Å²) in [5, 5.41) is 1.53. The lowest BCUT2D eigenvalue weighted by Crippen LogP contribution is -1.99. The SMILES string of the molecule is CCCCCCOc1cc(Cl)ccc1CBr. The van der Waals surface area contributed by atoms with E-state index in [1.807, 2.05) is 18.2 Å². The van der Waals surface area contributed by atoms with Crippen LogP contribution in [-0.4, -0.2) is 6.61 Å². The van der Waals surface area contributed by atoms with Crippen LogP contribution in [-0.2, 0) is 5.33 Å². The van der Waals surface area contributed by atoms with E-state index in [-0.39, 0.29) is 0 Å². The van der Waals surface area contributed by atoms with Gasteiger partial charge in [0.25, 0.3) is 0 Å². The summed E-state index contributed by atoms with van der Waals surface area (Å²) in [7, 11) is 0. The standard InChI is InChI=1S/C13H18BrClO/c1-2-3-4-5-8-16-13-9-12(15)7-6-11(13)10-14/h6-7,9H,2-5,8,10H2,1H3. The number of rotatable bonds is 7. The van der Waals surface area contributed by atoms with Gasteiger partial charge in [-0.05, 0) is 18.6 Å². The van der Waals surface area contributed by atoms with E-state index in [0.29, 0.717) is 0 Å². The summed E-state index contributed by atoms with van der Waals surface area (Å²) in [5.74, 6) is 0.904. The highest BCUT2D eigenvalue weighted by Crippen LogP contribution is 2.25. The summed E-state index contributed by atoms with van der Waals surface area (Å²) in [4.78, 5) is 0. The molecule has 1 nitrogen and oxygen atoms in total. The van der Waals surface area contributed by atoms with Gasteiger partial charge in [0.15, 0.2) is 0 Å². The van der Waals surface area contributed by atoms with Gasteiger partial charge in [0.1, 0.15) is 5.75 Å². The fraction of sp³-hybridized carbons (Fsp3) is 0.538. The van der Waals surface area contributed by atoms with E-state index < -0.39 is 0 Å². The van der Waals surface area contributed by atoms with Gasteiger partial charge >= 0.3 is 0 Å². The molecule has 0 atom stereocenters. The van der Waals surface area contributed by atoms with E-state index in [9.17, 15) is 0 Å². The van der Waals surface area contributed by atoms with Crippen LogP contribution in [0.5, 0.6) is 5.75 Å². The molecule has 0 saturated heterocycles. The Morgan fingerprint density at radius 2 is 2.06 bits per heavy atom. The summed E-state index contributed by atoms with van der Waals surface area (Å²) in [6, 6.07) is 5.78. The van der Waals surface area contributed by atoms with E-state index in [2.05, 4.69) is 22.9 Å². The molecule has 0 fully saturated rings. The fourth-order valence-electron chi connectivity index (χ4n) is 1.48. The number of benzene rings is 1. The Bertz CT molecular complexity index is 315. The van der Waals surface area contributed by atoms with Crippen molar-refractivity contribution in [2.45, 2.75) is 37.9 Å². The van der Waals surface area contributed by atoms with Crippen molar-refractivity contribution >= 4 is 27.5 Å². The van der Waals surface area contributed by atoms with Crippen LogP contribution in [0.1, 0.15) is 38.2 Å². The number of hydrogen-bond donors (Lipinski definition) is 0. The molecule has 0 unspecified atom stereocenters. The minimum atomic E-state index is 0.730. The van der Waals surface area contributed by atoms with E-state index in [4.69, 9.17) is 16.3 Å². The van der Waals surface area contributed by atoms with Gasteiger partial charge in [-0.2, -0.15) is 0 Å². The lowest BCUT2D eigenvalue weighted by molar-refractivity contribution is 0.303. The zero-order chi connectivity index (χ0) is 11.8. The molecule has 1 aromatic rings. The average molecular weight is 306 g/mol. The van der Waals surface area contributed by atoms with Crippen molar-refractivity contribution in [3.05, 3.63) is 28.8 Å². The molecule has 1 aromatic carbocycles. The van der Waals surface area contributed by atoms with Gasteiger partial charge < -0.3 is 4.74 Å². The van der Waals surface area contributed by atoms with Crippen molar-refractivity contribution in [2.75, 3.05) is 6.61 Å². The molecule has 0 aliphatic carbocycles. The normalized spacial score (nSPS) is 10.4. The monoisotopic (exact) mass is 304 g/mol. The summed E-state index contributed by atoms with van der Waals surface area (Å²) >= 11 is 9.38. The summed E-state index contributed by atoms with van der Waals surface area (Å²) in [6.07, 6.45) is 4.89. The van der Waals surface area contributed by atoms with Gasteiger partial charge in [-0.25, -0.2) is 0 Å². The molecular weight excluding hydrogens is 287 g/mol. The minimum absolute atomic E-state index is 0.730. The van der Waals surface area contributed by atoms with Gasteiger partial charge in [-0.15, -0.1) is 0 Å². The maximum Gasteiger partial charge on any atom is 0.124 e. The number of alkyl halides is 1. The first kappa shape index (κ1) is 13.9. The van der Waals surface area contributed by atoms with Crippen molar-refractivity contribution in [1.82, 2.24) is 0 Å². The predicted octanol–water partition coefficient (Wildman–Crippen LogP) is 5.19. The van der Waals surface area contributed by atoms with Gasteiger partial charge in [-0.3, -0.25) is 0 Å². The summed E-state index contributed by atoms with van der Waals surface area (Å²) in [5.41, 5.74) is 1.15. The second-order valence-corrected chi connectivity index (χ2v) is 4.79. The molecule has 0 spiro atoms. The number of ether oxygens (including phenoxy) is 1. The van der Waals surface area contributed by atoms with E-state index in [0.717, 1.165) is 34.7 Å². The van der Waals surface area contributed by atoms with Crippen LogP contribution in [0.2, 0.25) is 5.02 Å². The Morgan fingerprint density at radius 3 is 2.75 bits per heavy atom. The molecule has 0 heterocycles. The van der Waals surface area contributed by atoms with Crippen molar-refractivity contribution in [3.63, 3.8) is 0 Å². The highest BCUT2D eigenvalue weighted by molar-refractivity contribution is 9.08. The van der Waals surface area contributed by atoms with Crippen molar-refractivity contribution in [1.29, 1.82) is 0 Å². The molecule has 0 N–H and O–H groups in total. The Balaban J connectivity index is 2.42. The zero-order valence-corrected chi connectivity index (χ0v) is 12.0. The molecular formula is C13H18BrClO. The van der Waals surface area contributed by atoms with Crippen LogP contribution in [0.15, 0.2) is 18.2 Å². The molecule has 0 radical (unpaired) electrons. The third-order valence-corrected chi connectivity index (χ3v) is 3.27. The third kappa shape index (κ3) is 4.75. The lowest BCUT2D eigenvalue weighted by atomic mass is 10.2. The van der Waals surface area contributed by atoms with Gasteiger partial charge in [0, 0.05) is 15.9 Å². The highest BCUT2D eigenvalue weighted by atomic mass is 79.9. The van der Waals surface area contributed by atoms with E-state index in [1.165, 1.54) is 19.3 Å². The highest BCUT2D eigenvalue weighted by Gasteiger charge is 2.03. The molecule has 1 rings (SSSR count). The van der Waals surface area contributed by atoms with Gasteiger partial charge in [-0.1, -0.05) is 59.8 Å². The Morgan fingerprint density at radius 1 is 1.25 bits per heavy atom. The Kier molecular flexibility index (Phi) is 6.90. The van der Waals surface area contributed by atoms with Crippen molar-refractivity contribution in [3.8, 4) is 5.75 Å². The third-order valence-electron chi connectivity index (χ3n) is 2.43. The number of halogens is 2. The molecule has 16 heavy (non-hydrogen) atoms. The van der Waals surface area contributed by atoms with Crippen LogP contribution in [0.3, 0.4) is 0 Å². The second-order valence-electron chi connectivity index (χ2n) is 3.79. The first-order valence-electron chi connectivity index (χ1n) is 5.75. The summed E-state index contributed by atoms with van der Waals surface area (Å²) in [6.45, 7) is 2.99. The molecule has 0 saturated carbocycles. The van der Waals surface area contributed by atoms with Gasteiger partial charge in [0.05, 0.1) is 6.61 Å². The fourth-order valence-corrected chi connectivity index (χ4v) is 2.11. The van der Waals surface area contributed by atoms with Crippen molar-refractivity contribution < 1.29 is 4.74 Å². The number of unbranched alkanes of at least 4 members (excludes halogenated alkanes) is 3. The lowest BCUT2D eigenvalue weighted by Gasteiger charge is -2.10. The predicted molar refractivity (Wildman–Crippen MR) is 73.7 cm³/mol. The van der Waals surface area contributed by atoms with Crippen LogP contribution >= 0.6 is 27.5 Å². The smallest absolute Gasteiger partial charge is 0.124 e. The molecule has 0 aliphatic heterocycles. The quantitative estimate of drug-likeness (QED) is 0.497. The summed E-state index contributed by atoms with van der Waals surface area (Å²) < 4.78 is 5.74. The zero-order valence-electron chi connectivity index (χ0n) is 9.64. The molecule has 0 aliphatic rings. The van der Waals surface area contributed by atoms with E-state index >= 15 is 0 Å². The maximum atomic E-state index is 5.94. The Hall–Kier alpha value is -0.210. The first-order valence-corrected chi connectivity index (χ1v) is 7.25. The van der Waals surface area contributed by atoms with Crippen LogP contribution in [0.4, 0.5) is 0 Å². The van der Waals surface area contributed by atoms with Crippen molar-refractivity contribution in [2.24, 2.45) is 0 Å². The van der Waals surface area contributed by atoms with E-state index in [1.54, 1.807) is 0 Å². The minimum Gasteiger partial charge on any atom is -0.493 e. The second kappa shape index (κ2) is 7.97. The van der Waals surface area contributed by atoms with Crippen LogP contribution < -0.4 is 4.74 Å². The van der Waals surface area contributed by atoms with Crippen LogP contribution in [0.25, 0.3) is 0 Å². The van der Waals surface area contributed by atoms with Gasteiger partial charge in [0.2, 0.25) is 0 Å². The molecule has 0 aromatic heterocycles.